The maximum Gasteiger partial charge on any atom is 0.303 e. The Kier molecular flexibility index (Phi) is 4.46. The number of hydrogen-bond acceptors (Lipinski definition) is 4. The van der Waals surface area contributed by atoms with Crippen LogP contribution in [0.5, 0.6) is 5.75 Å². The molecule has 0 amide bonds. The first kappa shape index (κ1) is 16.0. The standard InChI is InChI=1S/C18H19N3O3/c1-12-10-15-18(19-11-12)21(9-3-4-16(22)23)17(20-15)13-5-7-14(24-2)8-6-13/h5-8,10-11H,3-4,9H2,1-2H3,(H,22,23). The van der Waals surface area contributed by atoms with Gasteiger partial charge in [0.1, 0.15) is 17.1 Å². The summed E-state index contributed by atoms with van der Waals surface area (Å²) in [4.78, 5) is 20.0. The number of imidazole rings is 1. The van der Waals surface area contributed by atoms with Crippen LogP contribution in [0, 0.1) is 6.92 Å². The smallest absolute Gasteiger partial charge is 0.303 e. The van der Waals surface area contributed by atoms with Crippen molar-refractivity contribution in [3.05, 3.63) is 42.1 Å². The minimum absolute atomic E-state index is 0.119. The van der Waals surface area contributed by atoms with Crippen molar-refractivity contribution < 1.29 is 14.6 Å². The minimum atomic E-state index is -0.797. The molecule has 0 aliphatic rings. The topological polar surface area (TPSA) is 77.2 Å². The SMILES string of the molecule is COc1ccc(-c2nc3cc(C)cnc3n2CCCC(=O)O)cc1. The highest BCUT2D eigenvalue weighted by atomic mass is 16.5. The monoisotopic (exact) mass is 325 g/mol. The number of ether oxygens (including phenoxy) is 1. The van der Waals surface area contributed by atoms with Crippen molar-refractivity contribution in [1.29, 1.82) is 0 Å². The van der Waals surface area contributed by atoms with Crippen LogP contribution in [-0.2, 0) is 11.3 Å². The lowest BCUT2D eigenvalue weighted by atomic mass is 10.2. The van der Waals surface area contributed by atoms with Crippen LogP contribution in [0.1, 0.15) is 18.4 Å². The van der Waals surface area contributed by atoms with E-state index in [0.29, 0.717) is 13.0 Å². The highest BCUT2D eigenvalue weighted by Crippen LogP contribution is 2.26. The van der Waals surface area contributed by atoms with E-state index in [9.17, 15) is 4.79 Å². The van der Waals surface area contributed by atoms with Crippen LogP contribution >= 0.6 is 0 Å². The van der Waals surface area contributed by atoms with Crippen LogP contribution in [0.15, 0.2) is 36.5 Å². The predicted octanol–water partition coefficient (Wildman–Crippen LogP) is 3.28. The summed E-state index contributed by atoms with van der Waals surface area (Å²) in [6.07, 6.45) is 2.45. The molecular weight excluding hydrogens is 306 g/mol. The normalized spacial score (nSPS) is 10.9. The van der Waals surface area contributed by atoms with Gasteiger partial charge in [-0.25, -0.2) is 9.97 Å². The molecule has 0 fully saturated rings. The quantitative estimate of drug-likeness (QED) is 0.752. The van der Waals surface area contributed by atoms with Gasteiger partial charge in [-0.05, 0) is 49.2 Å². The Morgan fingerprint density at radius 2 is 2.04 bits per heavy atom. The maximum atomic E-state index is 10.8. The van der Waals surface area contributed by atoms with E-state index in [4.69, 9.17) is 14.8 Å². The Balaban J connectivity index is 2.04. The highest BCUT2D eigenvalue weighted by Gasteiger charge is 2.14. The lowest BCUT2D eigenvalue weighted by Crippen LogP contribution is -2.04. The maximum absolute atomic E-state index is 10.8. The number of carbonyl (C=O) groups is 1. The summed E-state index contributed by atoms with van der Waals surface area (Å²) in [6, 6.07) is 9.65. The number of methoxy groups -OCH3 is 1. The van der Waals surface area contributed by atoms with Gasteiger partial charge in [-0.2, -0.15) is 0 Å². The number of fused-ring (bicyclic) bond motifs is 1. The molecule has 6 nitrogen and oxygen atoms in total. The van der Waals surface area contributed by atoms with Crippen molar-refractivity contribution in [3.63, 3.8) is 0 Å². The van der Waals surface area contributed by atoms with E-state index < -0.39 is 5.97 Å². The van der Waals surface area contributed by atoms with Crippen molar-refractivity contribution in [1.82, 2.24) is 14.5 Å². The van der Waals surface area contributed by atoms with E-state index in [1.807, 2.05) is 41.8 Å². The molecule has 2 aromatic heterocycles. The van der Waals surface area contributed by atoms with Gasteiger partial charge in [-0.15, -0.1) is 0 Å². The molecule has 1 aromatic carbocycles. The third kappa shape index (κ3) is 3.22. The van der Waals surface area contributed by atoms with Crippen LogP contribution < -0.4 is 4.74 Å². The fourth-order valence-electron chi connectivity index (χ4n) is 2.67. The number of carboxylic acid groups (broad SMARTS) is 1. The van der Waals surface area contributed by atoms with E-state index in [0.717, 1.165) is 33.9 Å². The van der Waals surface area contributed by atoms with Crippen molar-refractivity contribution in [2.45, 2.75) is 26.3 Å². The number of aromatic nitrogens is 3. The van der Waals surface area contributed by atoms with Gasteiger partial charge in [0.2, 0.25) is 0 Å². The van der Waals surface area contributed by atoms with Gasteiger partial charge >= 0.3 is 5.97 Å². The summed E-state index contributed by atoms with van der Waals surface area (Å²) in [5.41, 5.74) is 3.58. The summed E-state index contributed by atoms with van der Waals surface area (Å²) in [5.74, 6) is 0.770. The van der Waals surface area contributed by atoms with Gasteiger partial charge in [-0.1, -0.05) is 0 Å². The van der Waals surface area contributed by atoms with Gasteiger partial charge in [0, 0.05) is 24.7 Å². The predicted molar refractivity (Wildman–Crippen MR) is 91.1 cm³/mol. The Labute approximate surface area is 139 Å². The third-order valence-corrected chi connectivity index (χ3v) is 3.84. The molecular formula is C18H19N3O3. The van der Waals surface area contributed by atoms with E-state index in [1.54, 1.807) is 13.3 Å². The molecule has 3 rings (SSSR count). The Bertz CT molecular complexity index is 869. The Morgan fingerprint density at radius 3 is 2.71 bits per heavy atom. The number of aryl methyl sites for hydroxylation is 2. The first-order valence-corrected chi connectivity index (χ1v) is 7.77. The summed E-state index contributed by atoms with van der Waals surface area (Å²) >= 11 is 0. The molecule has 0 bridgehead atoms. The van der Waals surface area contributed by atoms with Gasteiger partial charge in [0.05, 0.1) is 7.11 Å². The third-order valence-electron chi connectivity index (χ3n) is 3.84. The Hall–Kier alpha value is -2.89. The zero-order valence-electron chi connectivity index (χ0n) is 13.7. The number of pyridine rings is 1. The number of rotatable bonds is 6. The van der Waals surface area contributed by atoms with Gasteiger partial charge in [0.25, 0.3) is 0 Å². The summed E-state index contributed by atoms with van der Waals surface area (Å²) in [7, 11) is 1.63. The summed E-state index contributed by atoms with van der Waals surface area (Å²) < 4.78 is 7.18. The average Bonchev–Trinajstić information content (AvgIpc) is 2.92. The zero-order valence-corrected chi connectivity index (χ0v) is 13.7. The second-order valence-electron chi connectivity index (χ2n) is 5.67. The molecule has 0 aliphatic heterocycles. The molecule has 0 aliphatic carbocycles. The van der Waals surface area contributed by atoms with Crippen molar-refractivity contribution >= 4 is 17.1 Å². The van der Waals surface area contributed by atoms with E-state index >= 15 is 0 Å². The molecule has 2 heterocycles. The van der Waals surface area contributed by atoms with E-state index in [-0.39, 0.29) is 6.42 Å². The number of carboxylic acids is 1. The molecule has 0 radical (unpaired) electrons. The van der Waals surface area contributed by atoms with Crippen molar-refractivity contribution in [2.75, 3.05) is 7.11 Å². The molecule has 1 N–H and O–H groups in total. The second-order valence-corrected chi connectivity index (χ2v) is 5.67. The first-order valence-electron chi connectivity index (χ1n) is 7.77. The zero-order chi connectivity index (χ0) is 17.1. The number of benzene rings is 1. The average molecular weight is 325 g/mol. The van der Waals surface area contributed by atoms with Crippen molar-refractivity contribution in [3.8, 4) is 17.1 Å². The number of aliphatic carboxylic acids is 1. The highest BCUT2D eigenvalue weighted by molar-refractivity contribution is 5.77. The van der Waals surface area contributed by atoms with Crippen molar-refractivity contribution in [2.24, 2.45) is 0 Å². The molecule has 124 valence electrons. The molecule has 0 spiro atoms. The van der Waals surface area contributed by atoms with Gasteiger partial charge in [0.15, 0.2) is 5.65 Å². The summed E-state index contributed by atoms with van der Waals surface area (Å²) in [6.45, 7) is 2.53. The fourth-order valence-corrected chi connectivity index (χ4v) is 2.67. The molecule has 6 heteroatoms. The lowest BCUT2D eigenvalue weighted by molar-refractivity contribution is -0.137. The van der Waals surface area contributed by atoms with E-state index in [1.165, 1.54) is 0 Å². The number of hydrogen-bond donors (Lipinski definition) is 1. The molecule has 24 heavy (non-hydrogen) atoms. The lowest BCUT2D eigenvalue weighted by Gasteiger charge is -2.08. The second kappa shape index (κ2) is 6.70. The molecule has 0 saturated carbocycles. The summed E-state index contributed by atoms with van der Waals surface area (Å²) in [5, 5.41) is 8.88. The molecule has 3 aromatic rings. The fraction of sp³-hybridized carbons (Fsp3) is 0.278. The first-order chi connectivity index (χ1) is 11.6. The largest absolute Gasteiger partial charge is 0.497 e. The Morgan fingerprint density at radius 1 is 1.29 bits per heavy atom. The van der Waals surface area contributed by atoms with Gasteiger partial charge in [-0.3, -0.25) is 4.79 Å². The molecule has 0 atom stereocenters. The van der Waals surface area contributed by atoms with Gasteiger partial charge < -0.3 is 14.4 Å². The van der Waals surface area contributed by atoms with Crippen LogP contribution in [0.25, 0.3) is 22.6 Å². The van der Waals surface area contributed by atoms with E-state index in [2.05, 4.69) is 4.98 Å². The van der Waals surface area contributed by atoms with Crippen LogP contribution in [0.3, 0.4) is 0 Å². The van der Waals surface area contributed by atoms with Crippen LogP contribution in [0.4, 0.5) is 0 Å². The van der Waals surface area contributed by atoms with Crippen LogP contribution in [-0.4, -0.2) is 32.7 Å². The number of nitrogens with zero attached hydrogens (tertiary/aromatic N) is 3. The minimum Gasteiger partial charge on any atom is -0.497 e. The molecule has 0 saturated heterocycles. The van der Waals surface area contributed by atoms with Crippen LogP contribution in [0.2, 0.25) is 0 Å². The molecule has 0 unspecified atom stereocenters.